The highest BCUT2D eigenvalue weighted by Gasteiger charge is 2.11. The van der Waals surface area contributed by atoms with Crippen LogP contribution in [-0.4, -0.2) is 14.9 Å². The lowest BCUT2D eigenvalue weighted by Crippen LogP contribution is -1.86. The first-order valence-electron chi connectivity index (χ1n) is 4.87. The van der Waals surface area contributed by atoms with E-state index in [1.165, 1.54) is 12.1 Å². The number of H-pyrrole nitrogens is 1. The molecule has 0 fully saturated rings. The third kappa shape index (κ3) is 1.57. The summed E-state index contributed by atoms with van der Waals surface area (Å²) >= 11 is 3.31. The van der Waals surface area contributed by atoms with Crippen molar-refractivity contribution in [3.63, 3.8) is 0 Å². The average molecular weight is 292 g/mol. The lowest BCUT2D eigenvalue weighted by molar-refractivity contribution is -0.384. The van der Waals surface area contributed by atoms with E-state index < -0.39 is 4.92 Å². The van der Waals surface area contributed by atoms with Crippen LogP contribution in [0.15, 0.2) is 34.9 Å². The third-order valence-electron chi connectivity index (χ3n) is 2.60. The van der Waals surface area contributed by atoms with Gasteiger partial charge < -0.3 is 4.98 Å². The number of benzene rings is 1. The van der Waals surface area contributed by atoms with Crippen LogP contribution >= 0.6 is 15.9 Å². The fraction of sp³-hybridized carbons (Fsp3) is 0. The lowest BCUT2D eigenvalue weighted by atomic mass is 10.2. The summed E-state index contributed by atoms with van der Waals surface area (Å²) < 4.78 is 0.740. The summed E-state index contributed by atoms with van der Waals surface area (Å²) in [6, 6.07) is 8.43. The Morgan fingerprint density at radius 3 is 2.82 bits per heavy atom. The molecule has 0 bridgehead atoms. The molecular formula is C11H6BrN3O2. The van der Waals surface area contributed by atoms with E-state index in [9.17, 15) is 10.1 Å². The van der Waals surface area contributed by atoms with Gasteiger partial charge in [0.2, 0.25) is 0 Å². The molecule has 2 aromatic heterocycles. The van der Waals surface area contributed by atoms with Gasteiger partial charge in [0.1, 0.15) is 4.60 Å². The molecule has 5 nitrogen and oxygen atoms in total. The maximum atomic E-state index is 10.7. The van der Waals surface area contributed by atoms with Crippen LogP contribution < -0.4 is 0 Å². The SMILES string of the molecule is O=[N+]([O-])c1ccc2c(c1)[nH]c1ccc(Br)nc12. The van der Waals surface area contributed by atoms with Crippen LogP contribution in [0.3, 0.4) is 0 Å². The number of nitro benzene ring substituents is 1. The largest absolute Gasteiger partial charge is 0.353 e. The van der Waals surface area contributed by atoms with Crippen molar-refractivity contribution < 1.29 is 4.92 Å². The van der Waals surface area contributed by atoms with E-state index in [-0.39, 0.29) is 5.69 Å². The number of pyridine rings is 1. The highest BCUT2D eigenvalue weighted by Crippen LogP contribution is 2.27. The van der Waals surface area contributed by atoms with Gasteiger partial charge in [-0.2, -0.15) is 0 Å². The summed E-state index contributed by atoms with van der Waals surface area (Å²) in [4.78, 5) is 17.7. The molecule has 0 spiro atoms. The maximum absolute atomic E-state index is 10.7. The number of aromatic amines is 1. The third-order valence-corrected chi connectivity index (χ3v) is 3.04. The molecule has 0 amide bonds. The van der Waals surface area contributed by atoms with E-state index in [4.69, 9.17) is 0 Å². The lowest BCUT2D eigenvalue weighted by Gasteiger charge is -1.92. The number of fused-ring (bicyclic) bond motifs is 3. The van der Waals surface area contributed by atoms with Crippen molar-refractivity contribution in [2.45, 2.75) is 0 Å². The molecule has 0 saturated carbocycles. The summed E-state index contributed by atoms with van der Waals surface area (Å²) in [6.45, 7) is 0. The van der Waals surface area contributed by atoms with Crippen molar-refractivity contribution >= 4 is 43.6 Å². The van der Waals surface area contributed by atoms with Crippen LogP contribution in [0.25, 0.3) is 21.9 Å². The van der Waals surface area contributed by atoms with E-state index in [0.29, 0.717) is 0 Å². The minimum Gasteiger partial charge on any atom is -0.353 e. The molecule has 3 rings (SSSR count). The van der Waals surface area contributed by atoms with Crippen LogP contribution in [0.2, 0.25) is 0 Å². The number of nitrogens with zero attached hydrogens (tertiary/aromatic N) is 2. The fourth-order valence-corrected chi connectivity index (χ4v) is 2.15. The predicted molar refractivity (Wildman–Crippen MR) is 68.0 cm³/mol. The molecule has 0 aliphatic carbocycles. The molecular weight excluding hydrogens is 286 g/mol. The van der Waals surface area contributed by atoms with Gasteiger partial charge in [-0.1, -0.05) is 0 Å². The first-order valence-corrected chi connectivity index (χ1v) is 5.67. The second-order valence-electron chi connectivity index (χ2n) is 3.64. The van der Waals surface area contributed by atoms with Crippen LogP contribution in [0, 0.1) is 10.1 Å². The number of hydrogen-bond acceptors (Lipinski definition) is 3. The average Bonchev–Trinajstić information content (AvgIpc) is 2.66. The molecule has 17 heavy (non-hydrogen) atoms. The zero-order chi connectivity index (χ0) is 12.0. The van der Waals surface area contributed by atoms with Crippen molar-refractivity contribution in [3.8, 4) is 0 Å². The molecule has 1 N–H and O–H groups in total. The summed E-state index contributed by atoms with van der Waals surface area (Å²) in [5.74, 6) is 0. The number of hydrogen-bond donors (Lipinski definition) is 1. The van der Waals surface area contributed by atoms with Crippen molar-refractivity contribution in [1.82, 2.24) is 9.97 Å². The van der Waals surface area contributed by atoms with E-state index in [1.54, 1.807) is 6.07 Å². The van der Waals surface area contributed by atoms with Gasteiger partial charge in [-0.05, 0) is 34.1 Å². The van der Waals surface area contributed by atoms with E-state index in [2.05, 4.69) is 25.9 Å². The van der Waals surface area contributed by atoms with E-state index in [1.807, 2.05) is 12.1 Å². The number of non-ortho nitro benzene ring substituents is 1. The minimum absolute atomic E-state index is 0.0723. The van der Waals surface area contributed by atoms with Crippen LogP contribution in [0.1, 0.15) is 0 Å². The van der Waals surface area contributed by atoms with Crippen molar-refractivity contribution in [2.24, 2.45) is 0 Å². The second-order valence-corrected chi connectivity index (χ2v) is 4.45. The molecule has 0 saturated heterocycles. The van der Waals surface area contributed by atoms with Gasteiger partial charge >= 0.3 is 0 Å². The Bertz CT molecular complexity index is 751. The Morgan fingerprint density at radius 1 is 1.24 bits per heavy atom. The first kappa shape index (κ1) is 10.2. The number of nitrogens with one attached hydrogen (secondary N) is 1. The Morgan fingerprint density at radius 2 is 2.06 bits per heavy atom. The van der Waals surface area contributed by atoms with Gasteiger partial charge in [0.05, 0.1) is 21.5 Å². The summed E-state index contributed by atoms with van der Waals surface area (Å²) in [6.07, 6.45) is 0. The van der Waals surface area contributed by atoms with Gasteiger partial charge in [-0.3, -0.25) is 10.1 Å². The van der Waals surface area contributed by atoms with E-state index in [0.717, 1.165) is 26.5 Å². The summed E-state index contributed by atoms with van der Waals surface area (Å²) in [5.41, 5.74) is 2.47. The van der Waals surface area contributed by atoms with Crippen LogP contribution in [0.5, 0.6) is 0 Å². The van der Waals surface area contributed by atoms with Crippen LogP contribution in [0.4, 0.5) is 5.69 Å². The number of halogens is 1. The van der Waals surface area contributed by atoms with Crippen molar-refractivity contribution in [2.75, 3.05) is 0 Å². The molecule has 0 unspecified atom stereocenters. The Labute approximate surface area is 104 Å². The smallest absolute Gasteiger partial charge is 0.271 e. The molecule has 84 valence electrons. The molecule has 0 atom stereocenters. The maximum Gasteiger partial charge on any atom is 0.271 e. The second kappa shape index (κ2) is 3.53. The summed E-state index contributed by atoms with van der Waals surface area (Å²) in [7, 11) is 0. The highest BCUT2D eigenvalue weighted by atomic mass is 79.9. The molecule has 2 heterocycles. The summed E-state index contributed by atoms with van der Waals surface area (Å²) in [5, 5.41) is 11.6. The van der Waals surface area contributed by atoms with Gasteiger partial charge in [0.25, 0.3) is 5.69 Å². The standard InChI is InChI=1S/C11H6BrN3O2/c12-10-4-3-8-11(14-10)7-2-1-6(15(16)17)5-9(7)13-8/h1-5,13H. The number of nitro groups is 1. The topological polar surface area (TPSA) is 71.8 Å². The van der Waals surface area contributed by atoms with Gasteiger partial charge in [0, 0.05) is 17.5 Å². The minimum atomic E-state index is -0.408. The number of rotatable bonds is 1. The molecule has 0 aliphatic heterocycles. The Kier molecular flexibility index (Phi) is 2.12. The number of aromatic nitrogens is 2. The Hall–Kier alpha value is -1.95. The monoisotopic (exact) mass is 291 g/mol. The van der Waals surface area contributed by atoms with Gasteiger partial charge in [0.15, 0.2) is 0 Å². The molecule has 1 aromatic carbocycles. The predicted octanol–water partition coefficient (Wildman–Crippen LogP) is 3.39. The molecule has 3 aromatic rings. The van der Waals surface area contributed by atoms with Crippen LogP contribution in [-0.2, 0) is 0 Å². The Balaban J connectivity index is 2.39. The quantitative estimate of drug-likeness (QED) is 0.424. The molecule has 0 aliphatic rings. The molecule has 6 heteroatoms. The normalized spacial score (nSPS) is 11.1. The fourth-order valence-electron chi connectivity index (χ4n) is 1.84. The zero-order valence-electron chi connectivity index (χ0n) is 8.48. The van der Waals surface area contributed by atoms with Crippen molar-refractivity contribution in [3.05, 3.63) is 45.0 Å². The van der Waals surface area contributed by atoms with Gasteiger partial charge in [-0.25, -0.2) is 4.98 Å². The highest BCUT2D eigenvalue weighted by molar-refractivity contribution is 9.10. The zero-order valence-corrected chi connectivity index (χ0v) is 10.1. The molecule has 0 radical (unpaired) electrons. The van der Waals surface area contributed by atoms with Crippen molar-refractivity contribution in [1.29, 1.82) is 0 Å². The first-order chi connectivity index (χ1) is 8.15. The van der Waals surface area contributed by atoms with E-state index >= 15 is 0 Å². The van der Waals surface area contributed by atoms with Gasteiger partial charge in [-0.15, -0.1) is 0 Å².